The second kappa shape index (κ2) is 3.90. The van der Waals surface area contributed by atoms with Gasteiger partial charge in [-0.25, -0.2) is 0 Å². The molecule has 74 valence electrons. The highest BCUT2D eigenvalue weighted by atomic mass is 16.2. The summed E-state index contributed by atoms with van der Waals surface area (Å²) in [5.41, 5.74) is 0. The van der Waals surface area contributed by atoms with E-state index in [0.29, 0.717) is 12.5 Å². The van der Waals surface area contributed by atoms with Crippen molar-refractivity contribution in [3.63, 3.8) is 0 Å². The first-order valence-corrected chi connectivity index (χ1v) is 4.87. The molecule has 0 radical (unpaired) electrons. The van der Waals surface area contributed by atoms with Gasteiger partial charge in [-0.2, -0.15) is 0 Å². The van der Waals surface area contributed by atoms with Crippen molar-refractivity contribution in [1.82, 2.24) is 4.90 Å². The molecule has 0 spiro atoms. The lowest BCUT2D eigenvalue weighted by Crippen LogP contribution is -2.39. The predicted octanol–water partition coefficient (Wildman–Crippen LogP) is 1.22. The predicted molar refractivity (Wildman–Crippen MR) is 50.3 cm³/mol. The van der Waals surface area contributed by atoms with Crippen LogP contribution in [-0.2, 0) is 9.59 Å². The minimum absolute atomic E-state index is 0.00514. The number of hydrogen-bond acceptors (Lipinski definition) is 2. The molecule has 1 fully saturated rings. The minimum atomic E-state index is 0.00514. The summed E-state index contributed by atoms with van der Waals surface area (Å²) in [4.78, 5) is 24.2. The second-order valence-electron chi connectivity index (χ2n) is 3.96. The van der Waals surface area contributed by atoms with E-state index in [2.05, 4.69) is 20.8 Å². The molecule has 0 N–H and O–H groups in total. The van der Waals surface area contributed by atoms with Crippen molar-refractivity contribution >= 4 is 11.7 Å². The van der Waals surface area contributed by atoms with Crippen LogP contribution < -0.4 is 0 Å². The van der Waals surface area contributed by atoms with Crippen LogP contribution >= 0.6 is 0 Å². The summed E-state index contributed by atoms with van der Waals surface area (Å²) in [6.45, 7) is 6.56. The number of Topliss-reactive ketones (excluding diaryl/α,β-unsaturated/α-hetero) is 1. The maximum Gasteiger partial charge on any atom is 0.230 e. The average molecular weight is 183 g/mol. The topological polar surface area (TPSA) is 37.4 Å². The van der Waals surface area contributed by atoms with E-state index in [0.717, 1.165) is 6.42 Å². The highest BCUT2D eigenvalue weighted by Gasteiger charge is 2.33. The van der Waals surface area contributed by atoms with Crippen LogP contribution in [0.3, 0.4) is 0 Å². The molecule has 1 heterocycles. The summed E-state index contributed by atoms with van der Waals surface area (Å²) in [5, 5.41) is 0. The smallest absolute Gasteiger partial charge is 0.230 e. The Morgan fingerprint density at radius 2 is 2.00 bits per heavy atom. The van der Waals surface area contributed by atoms with Crippen molar-refractivity contribution in [3.8, 4) is 0 Å². The second-order valence-corrected chi connectivity index (χ2v) is 3.96. The van der Waals surface area contributed by atoms with Gasteiger partial charge in [-0.3, -0.25) is 9.59 Å². The molecule has 0 saturated carbocycles. The molecular weight excluding hydrogens is 166 g/mol. The molecule has 3 heteroatoms. The van der Waals surface area contributed by atoms with Crippen LogP contribution in [0.2, 0.25) is 0 Å². The third kappa shape index (κ3) is 2.08. The Hall–Kier alpha value is -0.860. The first kappa shape index (κ1) is 10.2. The van der Waals surface area contributed by atoms with Gasteiger partial charge in [-0.15, -0.1) is 0 Å². The van der Waals surface area contributed by atoms with Gasteiger partial charge in [0.25, 0.3) is 0 Å². The summed E-state index contributed by atoms with van der Waals surface area (Å²) in [5.74, 6) is 0.495. The standard InChI is InChI=1S/C10H17NO2/c1-4-9(7(2)3)11-6-8(12)5-10(11)13/h7,9H,4-6H2,1-3H3. The van der Waals surface area contributed by atoms with Gasteiger partial charge >= 0.3 is 0 Å². The summed E-state index contributed by atoms with van der Waals surface area (Å²) in [6, 6.07) is 0.235. The Bertz CT molecular complexity index is 223. The van der Waals surface area contributed by atoms with Gasteiger partial charge in [0, 0.05) is 6.04 Å². The van der Waals surface area contributed by atoms with Crippen molar-refractivity contribution in [2.45, 2.75) is 39.7 Å². The number of ketones is 1. The zero-order valence-electron chi connectivity index (χ0n) is 8.54. The van der Waals surface area contributed by atoms with E-state index in [4.69, 9.17) is 0 Å². The number of amides is 1. The molecule has 1 unspecified atom stereocenters. The molecule has 0 aromatic heterocycles. The van der Waals surface area contributed by atoms with Crippen molar-refractivity contribution in [2.24, 2.45) is 5.92 Å². The van der Waals surface area contributed by atoms with E-state index in [1.807, 2.05) is 0 Å². The molecule has 1 amide bonds. The molecule has 0 bridgehead atoms. The molecule has 1 rings (SSSR count). The van der Waals surface area contributed by atoms with Crippen LogP contribution in [0.5, 0.6) is 0 Å². The fourth-order valence-electron chi connectivity index (χ4n) is 1.96. The van der Waals surface area contributed by atoms with E-state index in [1.54, 1.807) is 4.90 Å². The summed E-state index contributed by atoms with van der Waals surface area (Å²) < 4.78 is 0. The third-order valence-electron chi connectivity index (χ3n) is 2.60. The molecule has 0 aromatic rings. The molecule has 1 atom stereocenters. The molecule has 13 heavy (non-hydrogen) atoms. The quantitative estimate of drug-likeness (QED) is 0.617. The number of rotatable bonds is 3. The van der Waals surface area contributed by atoms with Crippen LogP contribution in [0.15, 0.2) is 0 Å². The SMILES string of the molecule is CCC(C(C)C)N1CC(=O)CC1=O. The van der Waals surface area contributed by atoms with Crippen molar-refractivity contribution in [2.75, 3.05) is 6.54 Å². The van der Waals surface area contributed by atoms with Gasteiger partial charge in [0.2, 0.25) is 5.91 Å². The lowest BCUT2D eigenvalue weighted by molar-refractivity contribution is -0.130. The van der Waals surface area contributed by atoms with Crippen LogP contribution in [0.1, 0.15) is 33.6 Å². The van der Waals surface area contributed by atoms with Crippen molar-refractivity contribution in [3.05, 3.63) is 0 Å². The maximum atomic E-state index is 11.4. The van der Waals surface area contributed by atoms with E-state index in [1.165, 1.54) is 0 Å². The summed E-state index contributed by atoms with van der Waals surface area (Å²) in [6.07, 6.45) is 1.04. The Labute approximate surface area is 79.1 Å². The normalized spacial score (nSPS) is 20.2. The van der Waals surface area contributed by atoms with Gasteiger partial charge in [0.1, 0.15) is 0 Å². The lowest BCUT2D eigenvalue weighted by atomic mass is 10.0. The zero-order valence-corrected chi connectivity index (χ0v) is 8.54. The number of carbonyl (C=O) groups excluding carboxylic acids is 2. The minimum Gasteiger partial charge on any atom is -0.332 e. The Kier molecular flexibility index (Phi) is 3.07. The van der Waals surface area contributed by atoms with Gasteiger partial charge < -0.3 is 4.90 Å². The fraction of sp³-hybridized carbons (Fsp3) is 0.800. The summed E-state index contributed by atoms with van der Waals surface area (Å²) in [7, 11) is 0. The average Bonchev–Trinajstić information content (AvgIpc) is 2.31. The van der Waals surface area contributed by atoms with E-state index < -0.39 is 0 Å². The highest BCUT2D eigenvalue weighted by molar-refractivity contribution is 6.05. The van der Waals surface area contributed by atoms with Crippen LogP contribution in [-0.4, -0.2) is 29.2 Å². The molecule has 1 aliphatic rings. The molecule has 0 aliphatic carbocycles. The van der Waals surface area contributed by atoms with Gasteiger partial charge in [0.15, 0.2) is 5.78 Å². The van der Waals surface area contributed by atoms with Crippen molar-refractivity contribution in [1.29, 1.82) is 0 Å². The molecule has 1 saturated heterocycles. The first-order valence-electron chi connectivity index (χ1n) is 4.87. The summed E-state index contributed by atoms with van der Waals surface area (Å²) >= 11 is 0. The number of likely N-dealkylation sites (tertiary alicyclic amines) is 1. The first-order chi connectivity index (χ1) is 6.06. The fourth-order valence-corrected chi connectivity index (χ4v) is 1.96. The lowest BCUT2D eigenvalue weighted by Gasteiger charge is -2.29. The van der Waals surface area contributed by atoms with E-state index in [-0.39, 0.29) is 24.2 Å². The number of carbonyl (C=O) groups is 2. The molecule has 0 aromatic carbocycles. The van der Waals surface area contributed by atoms with Crippen molar-refractivity contribution < 1.29 is 9.59 Å². The molecular formula is C10H17NO2. The van der Waals surface area contributed by atoms with E-state index in [9.17, 15) is 9.59 Å². The van der Waals surface area contributed by atoms with Crippen LogP contribution in [0, 0.1) is 5.92 Å². The van der Waals surface area contributed by atoms with E-state index >= 15 is 0 Å². The Balaban J connectivity index is 2.69. The molecule has 1 aliphatic heterocycles. The monoisotopic (exact) mass is 183 g/mol. The van der Waals surface area contributed by atoms with Crippen LogP contribution in [0.25, 0.3) is 0 Å². The largest absolute Gasteiger partial charge is 0.332 e. The van der Waals surface area contributed by atoms with Gasteiger partial charge in [0.05, 0.1) is 13.0 Å². The number of nitrogens with zero attached hydrogens (tertiary/aromatic N) is 1. The van der Waals surface area contributed by atoms with Gasteiger partial charge in [-0.05, 0) is 12.3 Å². The Morgan fingerprint density at radius 3 is 2.31 bits per heavy atom. The van der Waals surface area contributed by atoms with Gasteiger partial charge in [-0.1, -0.05) is 20.8 Å². The Morgan fingerprint density at radius 1 is 1.38 bits per heavy atom. The molecule has 3 nitrogen and oxygen atoms in total. The maximum absolute atomic E-state index is 11.4. The third-order valence-corrected chi connectivity index (χ3v) is 2.60. The highest BCUT2D eigenvalue weighted by Crippen LogP contribution is 2.19. The number of hydrogen-bond donors (Lipinski definition) is 0. The van der Waals surface area contributed by atoms with Crippen LogP contribution in [0.4, 0.5) is 0 Å². The zero-order chi connectivity index (χ0) is 10.0.